The Balaban J connectivity index is 1.92. The van der Waals surface area contributed by atoms with Crippen molar-refractivity contribution in [3.8, 4) is 11.5 Å². The zero-order valence-electron chi connectivity index (χ0n) is 26.7. The van der Waals surface area contributed by atoms with Crippen LogP contribution in [0.15, 0.2) is 72.8 Å². The normalized spacial score (nSPS) is 12.0. The Morgan fingerprint density at radius 1 is 0.915 bits per heavy atom. The van der Waals surface area contributed by atoms with Gasteiger partial charge in [-0.25, -0.2) is 24.2 Å². The van der Waals surface area contributed by atoms with Crippen LogP contribution in [-0.4, -0.2) is 55.1 Å². The third-order valence-electron chi connectivity index (χ3n) is 6.22. The van der Waals surface area contributed by atoms with Crippen molar-refractivity contribution in [2.24, 2.45) is 5.73 Å². The summed E-state index contributed by atoms with van der Waals surface area (Å²) in [6.45, 7) is 5.82. The van der Waals surface area contributed by atoms with E-state index in [2.05, 4.69) is 25.7 Å². The Morgan fingerprint density at radius 3 is 2.19 bits per heavy atom. The molecule has 14 nitrogen and oxygen atoms in total. The molecule has 3 rings (SSSR count). The fourth-order valence-corrected chi connectivity index (χ4v) is 4.04. The van der Waals surface area contributed by atoms with Crippen LogP contribution in [0.3, 0.4) is 0 Å². The van der Waals surface area contributed by atoms with E-state index in [1.807, 2.05) is 30.3 Å². The molecule has 0 unspecified atom stereocenters. The molecule has 250 valence electrons. The van der Waals surface area contributed by atoms with Gasteiger partial charge in [-0.2, -0.15) is 0 Å². The van der Waals surface area contributed by atoms with Crippen molar-refractivity contribution in [1.82, 2.24) is 10.6 Å². The third-order valence-corrected chi connectivity index (χ3v) is 6.22. The molecule has 0 saturated carbocycles. The maximum Gasteiger partial charge on any atom is 0.407 e. The van der Waals surface area contributed by atoms with Crippen LogP contribution in [0.2, 0.25) is 0 Å². The molecule has 0 heterocycles. The predicted octanol–water partition coefficient (Wildman–Crippen LogP) is 3.74. The number of hydrogen-bond donors (Lipinski definition) is 5. The molecule has 2 amide bonds. The van der Waals surface area contributed by atoms with Crippen LogP contribution in [0.4, 0.5) is 10.5 Å². The molecule has 0 saturated heterocycles. The molecule has 0 aliphatic carbocycles. The Kier molecular flexibility index (Phi) is 12.5. The van der Waals surface area contributed by atoms with Crippen LogP contribution in [0.5, 0.6) is 11.5 Å². The lowest BCUT2D eigenvalue weighted by Crippen LogP contribution is -2.51. The number of rotatable bonds is 13. The molecule has 0 aromatic heterocycles. The average molecular weight is 650 g/mol. The van der Waals surface area contributed by atoms with Crippen LogP contribution < -0.4 is 31.2 Å². The summed E-state index contributed by atoms with van der Waals surface area (Å²) in [6.07, 6.45) is -0.854. The summed E-state index contributed by atoms with van der Waals surface area (Å²) in [4.78, 5) is 59.2. The summed E-state index contributed by atoms with van der Waals surface area (Å²) in [6, 6.07) is 18.2. The highest BCUT2D eigenvalue weighted by atomic mass is 17.2. The maximum absolute atomic E-state index is 13.9. The lowest BCUT2D eigenvalue weighted by Gasteiger charge is -2.25. The first-order chi connectivity index (χ1) is 22.3. The van der Waals surface area contributed by atoms with E-state index in [1.165, 1.54) is 7.11 Å². The number of amides is 2. The number of hydrogen-bond acceptors (Lipinski definition) is 11. The molecule has 14 heteroatoms. The fourth-order valence-electron chi connectivity index (χ4n) is 4.04. The van der Waals surface area contributed by atoms with Gasteiger partial charge in [0.1, 0.15) is 30.1 Å². The predicted molar refractivity (Wildman–Crippen MR) is 172 cm³/mol. The highest BCUT2D eigenvalue weighted by Crippen LogP contribution is 2.32. The minimum atomic E-state index is -1.51. The molecule has 47 heavy (non-hydrogen) atoms. The SMILES string of the molecule is COc1cc([C@@H](Nc2ccc(C(=N)N)cc2)C(=O)N[C@@H](CNC(=O)OC(C)(C)C)C(=O)OOC(C)=O)ccc1OCc1ccccc1. The van der Waals surface area contributed by atoms with E-state index in [9.17, 15) is 19.2 Å². The van der Waals surface area contributed by atoms with Crippen molar-refractivity contribution >= 4 is 35.5 Å². The van der Waals surface area contributed by atoms with Crippen LogP contribution in [0, 0.1) is 5.41 Å². The van der Waals surface area contributed by atoms with Crippen molar-refractivity contribution in [3.05, 3.63) is 89.5 Å². The summed E-state index contributed by atoms with van der Waals surface area (Å²) in [5.41, 5.74) is 7.05. The Bertz CT molecular complexity index is 1560. The maximum atomic E-state index is 13.9. The van der Waals surface area contributed by atoms with Gasteiger partial charge in [0, 0.05) is 18.2 Å². The first-order valence-corrected chi connectivity index (χ1v) is 14.5. The number of ether oxygens (including phenoxy) is 3. The summed E-state index contributed by atoms with van der Waals surface area (Å²) >= 11 is 0. The lowest BCUT2D eigenvalue weighted by molar-refractivity contribution is -0.258. The van der Waals surface area contributed by atoms with E-state index in [4.69, 9.17) is 25.4 Å². The zero-order chi connectivity index (χ0) is 34.6. The summed E-state index contributed by atoms with van der Waals surface area (Å²) in [7, 11) is 1.46. The first kappa shape index (κ1) is 35.7. The minimum Gasteiger partial charge on any atom is -0.493 e. The van der Waals surface area contributed by atoms with Gasteiger partial charge in [-0.15, -0.1) is 0 Å². The van der Waals surface area contributed by atoms with Gasteiger partial charge in [0.05, 0.1) is 13.7 Å². The molecule has 0 aliphatic rings. The number of anilines is 1. The Hall–Kier alpha value is -5.79. The van der Waals surface area contributed by atoms with E-state index in [0.29, 0.717) is 28.3 Å². The van der Waals surface area contributed by atoms with Gasteiger partial charge in [0.15, 0.2) is 11.5 Å². The largest absolute Gasteiger partial charge is 0.493 e. The molecule has 0 radical (unpaired) electrons. The number of alkyl carbamates (subject to hydrolysis) is 1. The highest BCUT2D eigenvalue weighted by molar-refractivity contribution is 5.95. The number of carbonyl (C=O) groups is 4. The number of amidine groups is 1. The molecule has 0 fully saturated rings. The van der Waals surface area contributed by atoms with E-state index in [0.717, 1.165) is 12.5 Å². The van der Waals surface area contributed by atoms with Gasteiger partial charge in [-0.1, -0.05) is 36.4 Å². The molecule has 6 N–H and O–H groups in total. The van der Waals surface area contributed by atoms with E-state index in [-0.39, 0.29) is 12.4 Å². The number of nitrogens with two attached hydrogens (primary N) is 1. The van der Waals surface area contributed by atoms with Crippen molar-refractivity contribution in [2.75, 3.05) is 19.0 Å². The number of benzene rings is 3. The molecule has 0 aliphatic heterocycles. The highest BCUT2D eigenvalue weighted by Gasteiger charge is 2.31. The van der Waals surface area contributed by atoms with E-state index >= 15 is 0 Å². The smallest absolute Gasteiger partial charge is 0.407 e. The van der Waals surface area contributed by atoms with Crippen LogP contribution in [-0.2, 0) is 35.5 Å². The lowest BCUT2D eigenvalue weighted by atomic mass is 10.0. The molecule has 3 aromatic carbocycles. The number of nitrogens with one attached hydrogen (secondary N) is 4. The van der Waals surface area contributed by atoms with Gasteiger partial charge in [0.25, 0.3) is 0 Å². The zero-order valence-corrected chi connectivity index (χ0v) is 26.7. The first-order valence-electron chi connectivity index (χ1n) is 14.5. The fraction of sp³-hybridized carbons (Fsp3) is 0.303. The number of carbonyl (C=O) groups excluding carboxylic acids is 4. The molecule has 0 bridgehead atoms. The van der Waals surface area contributed by atoms with Gasteiger partial charge >= 0.3 is 18.0 Å². The van der Waals surface area contributed by atoms with Crippen molar-refractivity contribution < 1.29 is 43.2 Å². The van der Waals surface area contributed by atoms with Gasteiger partial charge in [0.2, 0.25) is 5.91 Å². The molecule has 3 aromatic rings. The Morgan fingerprint density at radius 2 is 1.60 bits per heavy atom. The van der Waals surface area contributed by atoms with Crippen LogP contribution in [0.1, 0.15) is 50.4 Å². The second-order valence-corrected chi connectivity index (χ2v) is 11.2. The summed E-state index contributed by atoms with van der Waals surface area (Å²) in [5, 5.41) is 15.7. The average Bonchev–Trinajstić information content (AvgIpc) is 3.03. The van der Waals surface area contributed by atoms with E-state index in [1.54, 1.807) is 63.2 Å². The van der Waals surface area contributed by atoms with Crippen molar-refractivity contribution in [2.45, 2.75) is 52.0 Å². The van der Waals surface area contributed by atoms with E-state index < -0.39 is 48.2 Å². The monoisotopic (exact) mass is 649 g/mol. The van der Waals surface area contributed by atoms with Crippen molar-refractivity contribution in [1.29, 1.82) is 5.41 Å². The van der Waals surface area contributed by atoms with Gasteiger partial charge in [-0.3, -0.25) is 10.2 Å². The summed E-state index contributed by atoms with van der Waals surface area (Å²) < 4.78 is 16.7. The standard InChI is InChI=1S/C33H39N5O9/c1-20(39)46-47-31(41)25(18-36-32(42)45-33(2,3)4)38-30(40)28(37-24-14-11-22(12-15-24)29(34)35)23-13-16-26(27(17-23)43-5)44-19-21-9-7-6-8-10-21/h6-17,25,28,37H,18-19H2,1-5H3,(H3,34,35)(H,36,42)(H,38,40)/t25-,28+/m0/s1. The quantitative estimate of drug-likeness (QED) is 0.0782. The van der Waals surface area contributed by atoms with Gasteiger partial charge < -0.3 is 35.9 Å². The van der Waals surface area contributed by atoms with Crippen LogP contribution in [0.25, 0.3) is 0 Å². The van der Waals surface area contributed by atoms with Crippen LogP contribution >= 0.6 is 0 Å². The molecular formula is C33H39N5O9. The number of methoxy groups -OCH3 is 1. The Labute approximate surface area is 272 Å². The summed E-state index contributed by atoms with van der Waals surface area (Å²) in [5.74, 6) is -2.16. The minimum absolute atomic E-state index is 0.131. The molecule has 2 atom stereocenters. The van der Waals surface area contributed by atoms with Gasteiger partial charge in [-0.05, 0) is 68.3 Å². The van der Waals surface area contributed by atoms with Crippen molar-refractivity contribution in [3.63, 3.8) is 0 Å². The topological polar surface area (TPSA) is 200 Å². The second-order valence-electron chi connectivity index (χ2n) is 11.2. The number of nitrogen functional groups attached to an aromatic ring is 1. The molecular weight excluding hydrogens is 610 g/mol. The second kappa shape index (κ2) is 16.5. The molecule has 0 spiro atoms. The third kappa shape index (κ3) is 11.6.